The van der Waals surface area contributed by atoms with Crippen molar-refractivity contribution >= 4 is 34.3 Å². The topological polar surface area (TPSA) is 42.4 Å². The first-order valence-electron chi connectivity index (χ1n) is 5.56. The van der Waals surface area contributed by atoms with E-state index in [2.05, 4.69) is 4.98 Å². The van der Waals surface area contributed by atoms with Gasteiger partial charge in [-0.05, 0) is 18.2 Å². The van der Waals surface area contributed by atoms with Crippen molar-refractivity contribution in [3.63, 3.8) is 0 Å². The molecule has 0 atom stereocenters. The summed E-state index contributed by atoms with van der Waals surface area (Å²) in [5.74, 6) is 2.24. The van der Waals surface area contributed by atoms with E-state index in [-0.39, 0.29) is 6.61 Å². The van der Waals surface area contributed by atoms with Crippen LogP contribution in [0.25, 0.3) is 10.9 Å². The number of fused-ring (bicyclic) bond motifs is 1. The SMILES string of the molecule is COc1ccc2cc(CSCCO)c(Cl)nc2c1. The molecule has 5 heteroatoms. The molecular weight excluding hydrogens is 270 g/mol. The normalized spacial score (nSPS) is 10.8. The van der Waals surface area contributed by atoms with E-state index in [1.807, 2.05) is 24.3 Å². The van der Waals surface area contributed by atoms with Crippen molar-refractivity contribution in [3.8, 4) is 5.75 Å². The molecule has 0 aliphatic rings. The highest BCUT2D eigenvalue weighted by Crippen LogP contribution is 2.26. The number of aromatic nitrogens is 1. The van der Waals surface area contributed by atoms with Gasteiger partial charge in [0.1, 0.15) is 10.9 Å². The Balaban J connectivity index is 2.30. The fraction of sp³-hybridized carbons (Fsp3) is 0.308. The number of hydrogen-bond donors (Lipinski definition) is 1. The van der Waals surface area contributed by atoms with Gasteiger partial charge in [-0.1, -0.05) is 11.6 Å². The molecule has 1 N–H and O–H groups in total. The van der Waals surface area contributed by atoms with E-state index in [0.29, 0.717) is 10.9 Å². The van der Waals surface area contributed by atoms with Gasteiger partial charge in [-0.3, -0.25) is 0 Å². The Hall–Kier alpha value is -0.970. The van der Waals surface area contributed by atoms with E-state index in [1.165, 1.54) is 0 Å². The smallest absolute Gasteiger partial charge is 0.133 e. The van der Waals surface area contributed by atoms with Gasteiger partial charge in [0.15, 0.2) is 0 Å². The third-order valence-corrected chi connectivity index (χ3v) is 3.86. The Labute approximate surface area is 115 Å². The van der Waals surface area contributed by atoms with Gasteiger partial charge in [0.05, 0.1) is 19.2 Å². The van der Waals surface area contributed by atoms with Crippen LogP contribution in [-0.4, -0.2) is 29.6 Å². The van der Waals surface area contributed by atoms with Crippen LogP contribution in [0, 0.1) is 0 Å². The zero-order valence-electron chi connectivity index (χ0n) is 10.0. The Morgan fingerprint density at radius 1 is 1.39 bits per heavy atom. The van der Waals surface area contributed by atoms with Crippen LogP contribution in [0.5, 0.6) is 5.75 Å². The summed E-state index contributed by atoms with van der Waals surface area (Å²) in [4.78, 5) is 4.37. The van der Waals surface area contributed by atoms with Crippen molar-refractivity contribution in [2.75, 3.05) is 19.5 Å². The summed E-state index contributed by atoms with van der Waals surface area (Å²) in [5.41, 5.74) is 1.82. The van der Waals surface area contributed by atoms with Gasteiger partial charge in [0.25, 0.3) is 0 Å². The maximum Gasteiger partial charge on any atom is 0.133 e. The van der Waals surface area contributed by atoms with E-state index in [9.17, 15) is 0 Å². The summed E-state index contributed by atoms with van der Waals surface area (Å²) < 4.78 is 5.16. The Kier molecular flexibility index (Phi) is 4.69. The van der Waals surface area contributed by atoms with Crippen LogP contribution in [0.2, 0.25) is 5.15 Å². The average Bonchev–Trinajstić information content (AvgIpc) is 2.39. The third kappa shape index (κ3) is 3.07. The molecule has 0 saturated heterocycles. The number of rotatable bonds is 5. The molecule has 2 rings (SSSR count). The van der Waals surface area contributed by atoms with E-state index in [1.54, 1.807) is 18.9 Å². The van der Waals surface area contributed by atoms with Gasteiger partial charge in [0, 0.05) is 28.5 Å². The van der Waals surface area contributed by atoms with Crippen LogP contribution in [0.3, 0.4) is 0 Å². The molecule has 0 aliphatic heterocycles. The maximum atomic E-state index is 8.76. The lowest BCUT2D eigenvalue weighted by atomic mass is 10.1. The van der Waals surface area contributed by atoms with Crippen LogP contribution < -0.4 is 4.74 Å². The minimum Gasteiger partial charge on any atom is -0.497 e. The van der Waals surface area contributed by atoms with Crippen LogP contribution >= 0.6 is 23.4 Å². The molecule has 1 aromatic heterocycles. The molecule has 0 aliphatic carbocycles. The lowest BCUT2D eigenvalue weighted by Gasteiger charge is -2.07. The van der Waals surface area contributed by atoms with E-state index in [4.69, 9.17) is 21.4 Å². The number of aliphatic hydroxyl groups is 1. The lowest BCUT2D eigenvalue weighted by Crippen LogP contribution is -1.92. The van der Waals surface area contributed by atoms with E-state index >= 15 is 0 Å². The minimum atomic E-state index is 0.181. The van der Waals surface area contributed by atoms with Crippen molar-refractivity contribution in [1.29, 1.82) is 0 Å². The van der Waals surface area contributed by atoms with Crippen molar-refractivity contribution in [2.24, 2.45) is 0 Å². The number of pyridine rings is 1. The predicted molar refractivity (Wildman–Crippen MR) is 76.6 cm³/mol. The zero-order valence-corrected chi connectivity index (χ0v) is 11.6. The Morgan fingerprint density at radius 2 is 2.22 bits per heavy atom. The summed E-state index contributed by atoms with van der Waals surface area (Å²) >= 11 is 7.79. The Morgan fingerprint density at radius 3 is 2.94 bits per heavy atom. The van der Waals surface area contributed by atoms with Crippen molar-refractivity contribution in [3.05, 3.63) is 35.0 Å². The number of hydrogen-bond acceptors (Lipinski definition) is 4. The molecular formula is C13H14ClNO2S. The van der Waals surface area contributed by atoms with E-state index in [0.717, 1.165) is 28.0 Å². The molecule has 0 fully saturated rings. The van der Waals surface area contributed by atoms with Crippen molar-refractivity contribution < 1.29 is 9.84 Å². The molecule has 1 heterocycles. The summed E-state index contributed by atoms with van der Waals surface area (Å²) in [6.07, 6.45) is 0. The number of ether oxygens (including phenoxy) is 1. The zero-order chi connectivity index (χ0) is 13.0. The highest BCUT2D eigenvalue weighted by Gasteiger charge is 2.06. The van der Waals surface area contributed by atoms with Gasteiger partial charge >= 0.3 is 0 Å². The molecule has 96 valence electrons. The first kappa shape index (κ1) is 13.5. The standard InChI is InChI=1S/C13H14ClNO2S/c1-17-11-3-2-9-6-10(8-18-5-4-16)13(14)15-12(9)7-11/h2-3,6-7,16H,4-5,8H2,1H3. The lowest BCUT2D eigenvalue weighted by molar-refractivity contribution is 0.322. The van der Waals surface area contributed by atoms with Crippen molar-refractivity contribution in [1.82, 2.24) is 4.98 Å². The second kappa shape index (κ2) is 6.27. The highest BCUT2D eigenvalue weighted by molar-refractivity contribution is 7.98. The average molecular weight is 284 g/mol. The second-order valence-electron chi connectivity index (χ2n) is 3.77. The maximum absolute atomic E-state index is 8.76. The molecule has 18 heavy (non-hydrogen) atoms. The van der Waals surface area contributed by atoms with Gasteiger partial charge < -0.3 is 9.84 Å². The number of thioether (sulfide) groups is 1. The number of halogens is 1. The minimum absolute atomic E-state index is 0.181. The van der Waals surface area contributed by atoms with Gasteiger partial charge in [-0.2, -0.15) is 11.8 Å². The predicted octanol–water partition coefficient (Wildman–Crippen LogP) is 3.12. The molecule has 0 amide bonds. The molecule has 3 nitrogen and oxygen atoms in total. The third-order valence-electron chi connectivity index (χ3n) is 2.54. The number of benzene rings is 1. The Bertz CT molecular complexity index is 548. The summed E-state index contributed by atoms with van der Waals surface area (Å²) in [7, 11) is 1.63. The number of nitrogens with zero attached hydrogens (tertiary/aromatic N) is 1. The number of aliphatic hydroxyl groups excluding tert-OH is 1. The molecule has 0 spiro atoms. The van der Waals surface area contributed by atoms with Crippen LogP contribution in [0.15, 0.2) is 24.3 Å². The first-order chi connectivity index (χ1) is 8.74. The van der Waals surface area contributed by atoms with Crippen LogP contribution in [0.4, 0.5) is 0 Å². The molecule has 0 radical (unpaired) electrons. The number of methoxy groups -OCH3 is 1. The van der Waals surface area contributed by atoms with Crippen molar-refractivity contribution in [2.45, 2.75) is 5.75 Å². The van der Waals surface area contributed by atoms with Gasteiger partial charge in [-0.15, -0.1) is 0 Å². The van der Waals surface area contributed by atoms with Crippen LogP contribution in [-0.2, 0) is 5.75 Å². The van der Waals surface area contributed by atoms with E-state index < -0.39 is 0 Å². The highest BCUT2D eigenvalue weighted by atomic mass is 35.5. The molecule has 2 aromatic rings. The van der Waals surface area contributed by atoms with Gasteiger partial charge in [-0.25, -0.2) is 4.98 Å². The van der Waals surface area contributed by atoms with Gasteiger partial charge in [0.2, 0.25) is 0 Å². The monoisotopic (exact) mass is 283 g/mol. The molecule has 0 saturated carbocycles. The largest absolute Gasteiger partial charge is 0.497 e. The second-order valence-corrected chi connectivity index (χ2v) is 5.24. The summed E-state index contributed by atoms with van der Waals surface area (Å²) in [6.45, 7) is 0.181. The molecule has 0 unspecified atom stereocenters. The molecule has 1 aromatic carbocycles. The quantitative estimate of drug-likeness (QED) is 0.676. The van der Waals surface area contributed by atoms with Crippen LogP contribution in [0.1, 0.15) is 5.56 Å². The summed E-state index contributed by atoms with van der Waals surface area (Å²) in [5, 5.41) is 10.3. The first-order valence-corrected chi connectivity index (χ1v) is 7.09. The molecule has 0 bridgehead atoms. The fourth-order valence-corrected chi connectivity index (χ4v) is 2.65. The fourth-order valence-electron chi connectivity index (χ4n) is 1.64. The summed E-state index contributed by atoms with van der Waals surface area (Å²) in [6, 6.07) is 7.78.